The van der Waals surface area contributed by atoms with Gasteiger partial charge in [-0.25, -0.2) is 0 Å². The lowest BCUT2D eigenvalue weighted by Crippen LogP contribution is -2.21. The third-order valence-electron chi connectivity index (χ3n) is 3.74. The Morgan fingerprint density at radius 1 is 1.48 bits per heavy atom. The minimum absolute atomic E-state index is 0.0246. The van der Waals surface area contributed by atoms with Crippen LogP contribution in [0.4, 0.5) is 11.6 Å². The number of nitrogens with zero attached hydrogens (tertiary/aromatic N) is 3. The number of hydrogen-bond donors (Lipinski definition) is 1. The van der Waals surface area contributed by atoms with Gasteiger partial charge in [-0.2, -0.15) is 0 Å². The van der Waals surface area contributed by atoms with Crippen LogP contribution in [0.25, 0.3) is 0 Å². The van der Waals surface area contributed by atoms with E-state index in [0.717, 1.165) is 17.7 Å². The number of para-hydroxylation sites is 1. The Hall–Kier alpha value is -2.57. The molecule has 2 heterocycles. The number of imidazole rings is 1. The summed E-state index contributed by atoms with van der Waals surface area (Å²) in [5.74, 6) is 1.71. The summed E-state index contributed by atoms with van der Waals surface area (Å²) in [6.45, 7) is 2.33. The number of fused-ring (bicyclic) bond motifs is 1. The van der Waals surface area contributed by atoms with Crippen LogP contribution in [-0.4, -0.2) is 21.1 Å². The lowest BCUT2D eigenvalue weighted by Gasteiger charge is -2.27. The summed E-state index contributed by atoms with van der Waals surface area (Å²) in [5.41, 5.74) is 1.01. The topological polar surface area (TPSA) is 82.2 Å². The van der Waals surface area contributed by atoms with Crippen molar-refractivity contribution in [2.45, 2.75) is 19.4 Å². The van der Waals surface area contributed by atoms with Crippen LogP contribution in [0.3, 0.4) is 0 Å². The largest absolute Gasteiger partial charge is 0.493 e. The molecule has 3 rings (SSSR count). The highest BCUT2D eigenvalue weighted by molar-refractivity contribution is 5.56. The molecule has 21 heavy (non-hydrogen) atoms. The molecule has 7 nitrogen and oxygen atoms in total. The van der Waals surface area contributed by atoms with E-state index < -0.39 is 4.92 Å². The Kier molecular flexibility index (Phi) is 3.25. The number of benzene rings is 1. The number of nitrogens with one attached hydrogen (secondary N) is 1. The summed E-state index contributed by atoms with van der Waals surface area (Å²) < 4.78 is 7.31. The second kappa shape index (κ2) is 5.08. The van der Waals surface area contributed by atoms with Crippen LogP contribution in [0.5, 0.6) is 5.75 Å². The number of aromatic nitrogens is 2. The van der Waals surface area contributed by atoms with E-state index in [9.17, 15) is 10.1 Å². The van der Waals surface area contributed by atoms with E-state index in [4.69, 9.17) is 4.74 Å². The molecule has 2 aromatic rings. The molecular formula is C14H16N4O3. The quantitative estimate of drug-likeness (QED) is 0.693. The molecular weight excluding hydrogens is 272 g/mol. The van der Waals surface area contributed by atoms with Gasteiger partial charge in [-0.05, 0) is 16.0 Å². The predicted molar refractivity (Wildman–Crippen MR) is 77.5 cm³/mol. The molecule has 0 spiro atoms. The number of rotatable bonds is 3. The van der Waals surface area contributed by atoms with Crippen LogP contribution in [-0.2, 0) is 7.05 Å². The summed E-state index contributed by atoms with van der Waals surface area (Å²) in [5, 5.41) is 14.4. The van der Waals surface area contributed by atoms with Crippen molar-refractivity contribution in [2.24, 2.45) is 7.05 Å². The van der Waals surface area contributed by atoms with Gasteiger partial charge in [0.2, 0.25) is 11.6 Å². The van der Waals surface area contributed by atoms with Crippen molar-refractivity contribution in [3.63, 3.8) is 0 Å². The molecule has 110 valence electrons. The van der Waals surface area contributed by atoms with E-state index in [-0.39, 0.29) is 11.9 Å². The predicted octanol–water partition coefficient (Wildman–Crippen LogP) is 2.57. The van der Waals surface area contributed by atoms with E-state index in [2.05, 4.69) is 10.3 Å². The first kappa shape index (κ1) is 13.4. The highest BCUT2D eigenvalue weighted by Gasteiger charge is 2.28. The monoisotopic (exact) mass is 288 g/mol. The van der Waals surface area contributed by atoms with Crippen LogP contribution < -0.4 is 10.1 Å². The highest BCUT2D eigenvalue weighted by atomic mass is 16.6. The summed E-state index contributed by atoms with van der Waals surface area (Å²) in [4.78, 5) is 14.7. The van der Waals surface area contributed by atoms with Crippen molar-refractivity contribution in [3.8, 4) is 5.75 Å². The van der Waals surface area contributed by atoms with Gasteiger partial charge in [0.25, 0.3) is 0 Å². The fourth-order valence-electron chi connectivity index (χ4n) is 2.54. The Balaban J connectivity index is 1.97. The van der Waals surface area contributed by atoms with Gasteiger partial charge < -0.3 is 20.2 Å². The molecule has 0 fully saturated rings. The Morgan fingerprint density at radius 3 is 3.00 bits per heavy atom. The van der Waals surface area contributed by atoms with Gasteiger partial charge in [0.1, 0.15) is 5.75 Å². The molecule has 1 atom stereocenters. The number of nitro groups is 1. The van der Waals surface area contributed by atoms with Crippen molar-refractivity contribution in [2.75, 3.05) is 11.9 Å². The Labute approximate surface area is 121 Å². The van der Waals surface area contributed by atoms with Crippen molar-refractivity contribution < 1.29 is 9.66 Å². The molecule has 0 saturated heterocycles. The summed E-state index contributed by atoms with van der Waals surface area (Å²) >= 11 is 0. The minimum atomic E-state index is -0.458. The molecule has 0 amide bonds. The normalized spacial score (nSPS) is 17.0. The van der Waals surface area contributed by atoms with Gasteiger partial charge in [-0.15, -0.1) is 0 Å². The van der Waals surface area contributed by atoms with Crippen LogP contribution >= 0.6 is 0 Å². The van der Waals surface area contributed by atoms with E-state index in [1.165, 1.54) is 0 Å². The number of aryl methyl sites for hydroxylation is 1. The number of anilines is 1. The Bertz CT molecular complexity index is 696. The fraction of sp³-hybridized carbons (Fsp3) is 0.357. The second-order valence-electron chi connectivity index (χ2n) is 5.02. The maximum atomic E-state index is 11.1. The van der Waals surface area contributed by atoms with E-state index in [1.807, 2.05) is 24.3 Å². The molecule has 0 saturated carbocycles. The molecule has 0 aliphatic carbocycles. The molecule has 1 aromatic carbocycles. The third-order valence-corrected chi connectivity index (χ3v) is 3.74. The van der Waals surface area contributed by atoms with Crippen molar-refractivity contribution in [1.29, 1.82) is 0 Å². The van der Waals surface area contributed by atoms with Crippen molar-refractivity contribution in [1.82, 2.24) is 9.55 Å². The second-order valence-corrected chi connectivity index (χ2v) is 5.02. The zero-order chi connectivity index (χ0) is 15.0. The molecule has 0 bridgehead atoms. The van der Waals surface area contributed by atoms with Crippen LogP contribution in [0.1, 0.15) is 23.9 Å². The Morgan fingerprint density at radius 2 is 2.24 bits per heavy atom. The van der Waals surface area contributed by atoms with Crippen molar-refractivity contribution in [3.05, 3.63) is 45.8 Å². The lowest BCUT2D eigenvalue weighted by atomic mass is 10.0. The molecule has 0 radical (unpaired) electrons. The standard InChI is InChI=1S/C14H16N4O3/c1-9-15-14(18(19)20)13(17(9)2)16-11-7-8-21-12-6-4-3-5-10(11)12/h3-6,11,16H,7-8H2,1-2H3. The third kappa shape index (κ3) is 2.31. The van der Waals surface area contributed by atoms with Gasteiger partial charge >= 0.3 is 5.82 Å². The zero-order valence-electron chi connectivity index (χ0n) is 11.9. The molecule has 1 aliphatic heterocycles. The zero-order valence-corrected chi connectivity index (χ0v) is 11.9. The van der Waals surface area contributed by atoms with Crippen LogP contribution in [0.2, 0.25) is 0 Å². The van der Waals surface area contributed by atoms with E-state index >= 15 is 0 Å². The maximum Gasteiger partial charge on any atom is 0.406 e. The van der Waals surface area contributed by atoms with Crippen LogP contribution in [0, 0.1) is 17.0 Å². The SMILES string of the molecule is Cc1nc([N+](=O)[O-])c(NC2CCOc3ccccc32)n1C. The average molecular weight is 288 g/mol. The van der Waals surface area contributed by atoms with Gasteiger partial charge in [-0.3, -0.25) is 4.57 Å². The number of ether oxygens (including phenoxy) is 1. The molecule has 1 aromatic heterocycles. The van der Waals surface area contributed by atoms with E-state index in [1.54, 1.807) is 18.5 Å². The van der Waals surface area contributed by atoms with Gasteiger partial charge in [0.15, 0.2) is 0 Å². The average Bonchev–Trinajstić information content (AvgIpc) is 2.76. The van der Waals surface area contributed by atoms with E-state index in [0.29, 0.717) is 18.2 Å². The fourth-order valence-corrected chi connectivity index (χ4v) is 2.54. The summed E-state index contributed by atoms with van der Waals surface area (Å²) in [7, 11) is 1.77. The van der Waals surface area contributed by atoms with Crippen LogP contribution in [0.15, 0.2) is 24.3 Å². The first-order valence-corrected chi connectivity index (χ1v) is 6.74. The lowest BCUT2D eigenvalue weighted by molar-refractivity contribution is -0.388. The molecule has 7 heteroatoms. The molecule has 1 N–H and O–H groups in total. The maximum absolute atomic E-state index is 11.1. The minimum Gasteiger partial charge on any atom is -0.493 e. The first-order chi connectivity index (χ1) is 10.1. The molecule has 1 aliphatic rings. The molecule has 1 unspecified atom stereocenters. The first-order valence-electron chi connectivity index (χ1n) is 6.74. The number of hydrogen-bond acceptors (Lipinski definition) is 5. The summed E-state index contributed by atoms with van der Waals surface area (Å²) in [6.07, 6.45) is 0.748. The highest BCUT2D eigenvalue weighted by Crippen LogP contribution is 2.36. The van der Waals surface area contributed by atoms with Gasteiger partial charge in [-0.1, -0.05) is 18.2 Å². The van der Waals surface area contributed by atoms with Crippen molar-refractivity contribution >= 4 is 11.6 Å². The smallest absolute Gasteiger partial charge is 0.406 e. The van der Waals surface area contributed by atoms with Gasteiger partial charge in [0, 0.05) is 26.0 Å². The summed E-state index contributed by atoms with van der Waals surface area (Å²) in [6, 6.07) is 7.71. The van der Waals surface area contributed by atoms with Gasteiger partial charge in [0.05, 0.1) is 12.6 Å².